The van der Waals surface area contributed by atoms with Crippen LogP contribution in [0.15, 0.2) is 18.2 Å². The molecule has 108 valence electrons. The summed E-state index contributed by atoms with van der Waals surface area (Å²) >= 11 is 0. The SMILES string of the molecule is Cc1cc(C)cc(C(=O)NC(CCC(=O)O)C(=O)O)c1. The van der Waals surface area contributed by atoms with Crippen LogP contribution in [0.3, 0.4) is 0 Å². The van der Waals surface area contributed by atoms with Crippen LogP contribution < -0.4 is 5.32 Å². The second kappa shape index (κ2) is 6.70. The maximum Gasteiger partial charge on any atom is 0.326 e. The Kier molecular flexibility index (Phi) is 5.25. The molecule has 6 heteroatoms. The van der Waals surface area contributed by atoms with Crippen molar-refractivity contribution in [3.8, 4) is 0 Å². The lowest BCUT2D eigenvalue weighted by molar-refractivity contribution is -0.140. The molecular formula is C14H17NO5. The van der Waals surface area contributed by atoms with E-state index < -0.39 is 23.9 Å². The fourth-order valence-electron chi connectivity index (χ4n) is 1.87. The van der Waals surface area contributed by atoms with E-state index in [-0.39, 0.29) is 12.8 Å². The Hall–Kier alpha value is -2.37. The third-order valence-electron chi connectivity index (χ3n) is 2.73. The molecule has 3 N–H and O–H groups in total. The van der Waals surface area contributed by atoms with Crippen LogP contribution in [0.2, 0.25) is 0 Å². The second-order valence-electron chi connectivity index (χ2n) is 4.67. The molecule has 1 amide bonds. The van der Waals surface area contributed by atoms with Gasteiger partial charge in [-0.25, -0.2) is 4.79 Å². The largest absolute Gasteiger partial charge is 0.481 e. The van der Waals surface area contributed by atoms with Crippen molar-refractivity contribution in [2.45, 2.75) is 32.7 Å². The van der Waals surface area contributed by atoms with Crippen LogP contribution in [0.25, 0.3) is 0 Å². The van der Waals surface area contributed by atoms with Crippen LogP contribution in [0.4, 0.5) is 0 Å². The Morgan fingerprint density at radius 1 is 1.10 bits per heavy atom. The van der Waals surface area contributed by atoms with Gasteiger partial charge in [0.25, 0.3) is 5.91 Å². The number of aryl methyl sites for hydroxylation is 2. The standard InChI is InChI=1S/C14H17NO5/c1-8-5-9(2)7-10(6-8)13(18)15-11(14(19)20)3-4-12(16)17/h5-7,11H,3-4H2,1-2H3,(H,15,18)(H,16,17)(H,19,20). The van der Waals surface area contributed by atoms with Gasteiger partial charge < -0.3 is 15.5 Å². The highest BCUT2D eigenvalue weighted by atomic mass is 16.4. The summed E-state index contributed by atoms with van der Waals surface area (Å²) in [6.45, 7) is 3.67. The van der Waals surface area contributed by atoms with E-state index in [0.29, 0.717) is 5.56 Å². The van der Waals surface area contributed by atoms with E-state index in [9.17, 15) is 14.4 Å². The number of aliphatic carboxylic acids is 2. The zero-order valence-electron chi connectivity index (χ0n) is 11.3. The summed E-state index contributed by atoms with van der Waals surface area (Å²) in [4.78, 5) is 33.5. The van der Waals surface area contributed by atoms with E-state index >= 15 is 0 Å². The van der Waals surface area contributed by atoms with Crippen molar-refractivity contribution >= 4 is 17.8 Å². The highest BCUT2D eigenvalue weighted by Gasteiger charge is 2.21. The average molecular weight is 279 g/mol. The van der Waals surface area contributed by atoms with E-state index in [2.05, 4.69) is 5.32 Å². The summed E-state index contributed by atoms with van der Waals surface area (Å²) in [6.07, 6.45) is -0.467. The Bertz CT molecular complexity index is 518. The van der Waals surface area contributed by atoms with Gasteiger partial charge in [0.05, 0.1) is 0 Å². The first-order valence-corrected chi connectivity index (χ1v) is 6.13. The van der Waals surface area contributed by atoms with E-state index in [4.69, 9.17) is 10.2 Å². The van der Waals surface area contributed by atoms with Crippen molar-refractivity contribution in [2.24, 2.45) is 0 Å². The first-order valence-electron chi connectivity index (χ1n) is 6.13. The van der Waals surface area contributed by atoms with Crippen LogP contribution in [0.5, 0.6) is 0 Å². The van der Waals surface area contributed by atoms with E-state index in [0.717, 1.165) is 11.1 Å². The Morgan fingerprint density at radius 2 is 1.65 bits per heavy atom. The molecule has 0 heterocycles. The smallest absolute Gasteiger partial charge is 0.326 e. The first kappa shape index (κ1) is 15.7. The predicted octanol–water partition coefficient (Wildman–Crippen LogP) is 1.35. The minimum absolute atomic E-state index is 0.152. The molecule has 1 rings (SSSR count). The number of hydrogen-bond donors (Lipinski definition) is 3. The van der Waals surface area contributed by atoms with Gasteiger partial charge in [-0.3, -0.25) is 9.59 Å². The molecule has 6 nitrogen and oxygen atoms in total. The zero-order chi connectivity index (χ0) is 15.3. The van der Waals surface area contributed by atoms with Crippen LogP contribution in [-0.2, 0) is 9.59 Å². The Morgan fingerprint density at radius 3 is 2.10 bits per heavy atom. The highest BCUT2D eigenvalue weighted by Crippen LogP contribution is 2.09. The molecular weight excluding hydrogens is 262 g/mol. The van der Waals surface area contributed by atoms with Gasteiger partial charge in [0, 0.05) is 12.0 Å². The number of carbonyl (C=O) groups excluding carboxylic acids is 1. The zero-order valence-corrected chi connectivity index (χ0v) is 11.3. The molecule has 1 aromatic carbocycles. The molecule has 0 aliphatic heterocycles. The summed E-state index contributed by atoms with van der Waals surface area (Å²) in [5.41, 5.74) is 2.16. The molecule has 0 fully saturated rings. The second-order valence-corrected chi connectivity index (χ2v) is 4.67. The normalized spacial score (nSPS) is 11.7. The quantitative estimate of drug-likeness (QED) is 0.729. The molecule has 0 spiro atoms. The minimum Gasteiger partial charge on any atom is -0.481 e. The van der Waals surface area contributed by atoms with Gasteiger partial charge in [0.15, 0.2) is 0 Å². The van der Waals surface area contributed by atoms with Gasteiger partial charge >= 0.3 is 11.9 Å². The topological polar surface area (TPSA) is 104 Å². The number of nitrogens with one attached hydrogen (secondary N) is 1. The molecule has 0 bridgehead atoms. The van der Waals surface area contributed by atoms with Gasteiger partial charge in [-0.1, -0.05) is 17.2 Å². The van der Waals surface area contributed by atoms with Crippen molar-refractivity contribution in [3.63, 3.8) is 0 Å². The summed E-state index contributed by atoms with van der Waals surface area (Å²) in [5, 5.41) is 19.9. The van der Waals surface area contributed by atoms with Crippen molar-refractivity contribution in [2.75, 3.05) is 0 Å². The van der Waals surface area contributed by atoms with Gasteiger partial charge in [0.1, 0.15) is 6.04 Å². The summed E-state index contributed by atoms with van der Waals surface area (Å²) in [6, 6.07) is 3.99. The van der Waals surface area contributed by atoms with Gasteiger partial charge in [-0.15, -0.1) is 0 Å². The number of carboxylic acid groups (broad SMARTS) is 2. The molecule has 1 unspecified atom stereocenters. The number of amides is 1. The number of benzene rings is 1. The van der Waals surface area contributed by atoms with Crippen molar-refractivity contribution in [3.05, 3.63) is 34.9 Å². The molecule has 1 aromatic rings. The third-order valence-corrected chi connectivity index (χ3v) is 2.73. The number of carboxylic acids is 2. The number of carbonyl (C=O) groups is 3. The molecule has 0 aliphatic carbocycles. The van der Waals surface area contributed by atoms with Crippen LogP contribution in [0.1, 0.15) is 34.3 Å². The number of rotatable bonds is 6. The molecule has 0 aromatic heterocycles. The van der Waals surface area contributed by atoms with Crippen LogP contribution in [0, 0.1) is 13.8 Å². The molecule has 0 saturated carbocycles. The van der Waals surface area contributed by atoms with Crippen LogP contribution in [-0.4, -0.2) is 34.1 Å². The number of hydrogen-bond acceptors (Lipinski definition) is 3. The maximum absolute atomic E-state index is 12.0. The van der Waals surface area contributed by atoms with Crippen molar-refractivity contribution in [1.82, 2.24) is 5.32 Å². The Labute approximate surface area is 116 Å². The highest BCUT2D eigenvalue weighted by molar-refractivity contribution is 5.97. The van der Waals surface area contributed by atoms with Crippen LogP contribution >= 0.6 is 0 Å². The van der Waals surface area contributed by atoms with Crippen molar-refractivity contribution in [1.29, 1.82) is 0 Å². The minimum atomic E-state index is -1.25. The van der Waals surface area contributed by atoms with E-state index in [1.165, 1.54) is 0 Å². The molecule has 0 saturated heterocycles. The fraction of sp³-hybridized carbons (Fsp3) is 0.357. The lowest BCUT2D eigenvalue weighted by Gasteiger charge is -2.14. The first-order chi connectivity index (χ1) is 9.29. The predicted molar refractivity (Wildman–Crippen MR) is 71.7 cm³/mol. The monoisotopic (exact) mass is 279 g/mol. The molecule has 0 radical (unpaired) electrons. The third kappa shape index (κ3) is 4.72. The molecule has 20 heavy (non-hydrogen) atoms. The van der Waals surface area contributed by atoms with Gasteiger partial charge in [-0.2, -0.15) is 0 Å². The van der Waals surface area contributed by atoms with Crippen molar-refractivity contribution < 1.29 is 24.6 Å². The molecule has 0 aliphatic rings. The average Bonchev–Trinajstić information content (AvgIpc) is 2.32. The summed E-state index contributed by atoms with van der Waals surface area (Å²) < 4.78 is 0. The lowest BCUT2D eigenvalue weighted by atomic mass is 10.1. The fourth-order valence-corrected chi connectivity index (χ4v) is 1.87. The van der Waals surface area contributed by atoms with Gasteiger partial charge in [-0.05, 0) is 32.4 Å². The Balaban J connectivity index is 2.79. The lowest BCUT2D eigenvalue weighted by Crippen LogP contribution is -2.41. The molecule has 1 atom stereocenters. The summed E-state index contributed by atoms with van der Waals surface area (Å²) in [7, 11) is 0. The van der Waals surface area contributed by atoms with E-state index in [1.54, 1.807) is 12.1 Å². The maximum atomic E-state index is 12.0. The summed E-state index contributed by atoms with van der Waals surface area (Å²) in [5.74, 6) is -2.87. The van der Waals surface area contributed by atoms with Gasteiger partial charge in [0.2, 0.25) is 0 Å². The van der Waals surface area contributed by atoms with E-state index in [1.807, 2.05) is 19.9 Å².